The van der Waals surface area contributed by atoms with E-state index < -0.39 is 0 Å². The number of aryl methyl sites for hydroxylation is 2. The van der Waals surface area contributed by atoms with E-state index in [1.165, 1.54) is 71.6 Å². The van der Waals surface area contributed by atoms with Crippen LogP contribution in [0.25, 0.3) is 66.7 Å². The Hall–Kier alpha value is -5.27. The molecule has 0 radical (unpaired) electrons. The van der Waals surface area contributed by atoms with Crippen LogP contribution in [-0.2, 0) is 6.42 Å². The lowest BCUT2D eigenvalue weighted by Crippen LogP contribution is -2.00. The molecule has 43 heavy (non-hydrogen) atoms. The van der Waals surface area contributed by atoms with Crippen molar-refractivity contribution in [2.75, 3.05) is 0 Å². The third kappa shape index (κ3) is 4.45. The summed E-state index contributed by atoms with van der Waals surface area (Å²) in [6, 6.07) is 48.6. The summed E-state index contributed by atoms with van der Waals surface area (Å²) in [5, 5.41) is 5.22. The molecule has 0 bridgehead atoms. The SMILES string of the molecule is Cc1ccccc1-c1c2ccccc2c(-c2ccc3c(c2)CCC(c2ccc(-c4ccccn4)cc2)=C3)c2ccccc12. The topological polar surface area (TPSA) is 12.9 Å². The zero-order valence-electron chi connectivity index (χ0n) is 24.2. The highest BCUT2D eigenvalue weighted by Crippen LogP contribution is 2.45. The fourth-order valence-electron chi connectivity index (χ4n) is 6.85. The molecular weight excluding hydrogens is 518 g/mol. The molecule has 204 valence electrons. The van der Waals surface area contributed by atoms with Gasteiger partial charge in [-0.05, 0) is 104 Å². The van der Waals surface area contributed by atoms with Crippen molar-refractivity contribution in [3.63, 3.8) is 0 Å². The average Bonchev–Trinajstić information content (AvgIpc) is 3.07. The van der Waals surface area contributed by atoms with Crippen LogP contribution in [0.15, 0.2) is 140 Å². The highest BCUT2D eigenvalue weighted by Gasteiger charge is 2.19. The molecule has 0 spiro atoms. The van der Waals surface area contributed by atoms with Gasteiger partial charge in [-0.15, -0.1) is 0 Å². The predicted molar refractivity (Wildman–Crippen MR) is 183 cm³/mol. The van der Waals surface area contributed by atoms with Gasteiger partial charge < -0.3 is 0 Å². The summed E-state index contributed by atoms with van der Waals surface area (Å²) in [7, 11) is 0. The first kappa shape index (κ1) is 25.4. The summed E-state index contributed by atoms with van der Waals surface area (Å²) in [6.07, 6.45) is 6.30. The van der Waals surface area contributed by atoms with Crippen molar-refractivity contribution in [3.8, 4) is 33.5 Å². The lowest BCUT2D eigenvalue weighted by Gasteiger charge is -2.21. The number of benzene rings is 6. The smallest absolute Gasteiger partial charge is 0.0701 e. The molecular formula is C42H31N. The van der Waals surface area contributed by atoms with Crippen LogP contribution < -0.4 is 0 Å². The first-order valence-electron chi connectivity index (χ1n) is 15.1. The summed E-state index contributed by atoms with van der Waals surface area (Å²) >= 11 is 0. The molecule has 1 aliphatic carbocycles. The number of hydrogen-bond acceptors (Lipinski definition) is 1. The quantitative estimate of drug-likeness (QED) is 0.199. The number of rotatable bonds is 4. The van der Waals surface area contributed by atoms with E-state index in [1.54, 1.807) is 0 Å². The predicted octanol–water partition coefficient (Wildman–Crippen LogP) is 11.2. The van der Waals surface area contributed by atoms with Crippen molar-refractivity contribution in [1.82, 2.24) is 4.98 Å². The summed E-state index contributed by atoms with van der Waals surface area (Å²) in [5.74, 6) is 0. The van der Waals surface area contributed by atoms with Crippen LogP contribution >= 0.6 is 0 Å². The molecule has 1 aromatic heterocycles. The molecule has 0 saturated heterocycles. The first-order valence-corrected chi connectivity index (χ1v) is 15.1. The van der Waals surface area contributed by atoms with Crippen LogP contribution in [0, 0.1) is 6.92 Å². The van der Waals surface area contributed by atoms with Crippen molar-refractivity contribution in [2.24, 2.45) is 0 Å². The van der Waals surface area contributed by atoms with Crippen molar-refractivity contribution in [1.29, 1.82) is 0 Å². The van der Waals surface area contributed by atoms with Gasteiger partial charge >= 0.3 is 0 Å². The third-order valence-corrected chi connectivity index (χ3v) is 8.99. The van der Waals surface area contributed by atoms with E-state index in [0.717, 1.165) is 24.1 Å². The lowest BCUT2D eigenvalue weighted by molar-refractivity contribution is 1.00. The minimum Gasteiger partial charge on any atom is -0.256 e. The van der Waals surface area contributed by atoms with Gasteiger partial charge in [0.25, 0.3) is 0 Å². The van der Waals surface area contributed by atoms with Gasteiger partial charge in [-0.3, -0.25) is 4.98 Å². The maximum absolute atomic E-state index is 4.50. The Labute approximate surface area is 252 Å². The molecule has 6 aromatic carbocycles. The minimum absolute atomic E-state index is 1.01. The normalized spacial score (nSPS) is 12.7. The summed E-state index contributed by atoms with van der Waals surface area (Å²) in [4.78, 5) is 4.50. The Morgan fingerprint density at radius 2 is 1.12 bits per heavy atom. The zero-order valence-corrected chi connectivity index (χ0v) is 24.2. The Balaban J connectivity index is 1.23. The number of aromatic nitrogens is 1. The Kier molecular flexibility index (Phi) is 6.23. The number of fused-ring (bicyclic) bond motifs is 3. The second-order valence-corrected chi connectivity index (χ2v) is 11.5. The van der Waals surface area contributed by atoms with Crippen molar-refractivity contribution in [2.45, 2.75) is 19.8 Å². The lowest BCUT2D eigenvalue weighted by atomic mass is 9.83. The van der Waals surface area contributed by atoms with E-state index in [9.17, 15) is 0 Å². The number of allylic oxidation sites excluding steroid dienone is 1. The molecule has 1 nitrogen and oxygen atoms in total. The van der Waals surface area contributed by atoms with E-state index in [1.807, 2.05) is 18.3 Å². The molecule has 0 N–H and O–H groups in total. The van der Waals surface area contributed by atoms with Gasteiger partial charge in [0.15, 0.2) is 0 Å². The van der Waals surface area contributed by atoms with E-state index in [4.69, 9.17) is 0 Å². The van der Waals surface area contributed by atoms with Crippen molar-refractivity contribution < 1.29 is 0 Å². The summed E-state index contributed by atoms with van der Waals surface area (Å²) in [6.45, 7) is 2.22. The third-order valence-electron chi connectivity index (χ3n) is 8.99. The average molecular weight is 550 g/mol. The molecule has 0 atom stereocenters. The number of hydrogen-bond donors (Lipinski definition) is 0. The van der Waals surface area contributed by atoms with E-state index in [2.05, 4.69) is 139 Å². The second-order valence-electron chi connectivity index (χ2n) is 11.5. The first-order chi connectivity index (χ1) is 21.2. The highest BCUT2D eigenvalue weighted by atomic mass is 14.7. The van der Waals surface area contributed by atoms with Gasteiger partial charge in [-0.25, -0.2) is 0 Å². The van der Waals surface area contributed by atoms with Crippen LogP contribution in [0.5, 0.6) is 0 Å². The molecule has 7 aromatic rings. The molecule has 0 saturated carbocycles. The van der Waals surface area contributed by atoms with Crippen LogP contribution in [0.2, 0.25) is 0 Å². The molecule has 0 fully saturated rings. The molecule has 0 unspecified atom stereocenters. The Bertz CT molecular complexity index is 2110. The van der Waals surface area contributed by atoms with Crippen LogP contribution in [0.4, 0.5) is 0 Å². The van der Waals surface area contributed by atoms with Crippen LogP contribution in [0.1, 0.15) is 28.7 Å². The largest absolute Gasteiger partial charge is 0.256 e. The fraction of sp³-hybridized carbons (Fsp3) is 0.0714. The molecule has 1 heterocycles. The van der Waals surface area contributed by atoms with Gasteiger partial charge in [-0.2, -0.15) is 0 Å². The summed E-state index contributed by atoms with van der Waals surface area (Å²) in [5.41, 5.74) is 14.1. The van der Waals surface area contributed by atoms with Crippen LogP contribution in [-0.4, -0.2) is 4.98 Å². The summed E-state index contributed by atoms with van der Waals surface area (Å²) < 4.78 is 0. The fourth-order valence-corrected chi connectivity index (χ4v) is 6.85. The van der Waals surface area contributed by atoms with Gasteiger partial charge in [0.2, 0.25) is 0 Å². The molecule has 1 heteroatoms. The van der Waals surface area contributed by atoms with Gasteiger partial charge in [0.05, 0.1) is 5.69 Å². The van der Waals surface area contributed by atoms with Gasteiger partial charge in [-0.1, -0.05) is 127 Å². The number of pyridine rings is 1. The monoisotopic (exact) mass is 549 g/mol. The Morgan fingerprint density at radius 3 is 1.79 bits per heavy atom. The maximum Gasteiger partial charge on any atom is 0.0701 e. The zero-order chi connectivity index (χ0) is 28.8. The molecule has 0 aliphatic heterocycles. The van der Waals surface area contributed by atoms with Gasteiger partial charge in [0.1, 0.15) is 0 Å². The van der Waals surface area contributed by atoms with Gasteiger partial charge in [0, 0.05) is 11.8 Å². The maximum atomic E-state index is 4.50. The molecule has 0 amide bonds. The van der Waals surface area contributed by atoms with Crippen molar-refractivity contribution >= 4 is 33.2 Å². The standard InChI is InChI=1S/C42H31N/c1-28-10-2-3-11-35(28)42-38-14-6-4-12-36(38)41(37-13-5-7-15-39(37)42)34-24-23-32-26-31(21-22-33(32)27-34)29-17-19-30(20-18-29)40-16-8-9-25-43-40/h2-20,23-27H,21-22H2,1H3. The minimum atomic E-state index is 1.01. The van der Waals surface area contributed by atoms with Crippen molar-refractivity contribution in [3.05, 3.63) is 162 Å². The second kappa shape index (κ2) is 10.5. The van der Waals surface area contributed by atoms with E-state index in [0.29, 0.717) is 0 Å². The molecule has 1 aliphatic rings. The van der Waals surface area contributed by atoms with E-state index >= 15 is 0 Å². The molecule has 8 rings (SSSR count). The van der Waals surface area contributed by atoms with Crippen LogP contribution in [0.3, 0.4) is 0 Å². The Morgan fingerprint density at radius 1 is 0.512 bits per heavy atom. The highest BCUT2D eigenvalue weighted by molar-refractivity contribution is 6.21. The van der Waals surface area contributed by atoms with E-state index in [-0.39, 0.29) is 0 Å². The number of nitrogens with zero attached hydrogens (tertiary/aromatic N) is 1.